The van der Waals surface area contributed by atoms with Crippen LogP contribution < -0.4 is 15.0 Å². The zero-order valence-corrected chi connectivity index (χ0v) is 21.2. The predicted molar refractivity (Wildman–Crippen MR) is 143 cm³/mol. The SMILES string of the molecule is CCCCOc1ccc(N(Cc2cncc(-c3cc(C)c(C)c(C)c3)c2)C2CCNCC2)cc1. The molecule has 1 fully saturated rings. The highest BCUT2D eigenvalue weighted by Crippen LogP contribution is 2.29. The molecule has 1 saturated heterocycles. The van der Waals surface area contributed by atoms with E-state index in [1.807, 2.05) is 12.4 Å². The lowest BCUT2D eigenvalue weighted by Crippen LogP contribution is -2.43. The second-order valence-electron chi connectivity index (χ2n) is 9.62. The van der Waals surface area contributed by atoms with Crippen molar-refractivity contribution in [1.29, 1.82) is 0 Å². The third-order valence-corrected chi connectivity index (χ3v) is 7.09. The number of aryl methyl sites for hydroxylation is 2. The van der Waals surface area contributed by atoms with E-state index < -0.39 is 0 Å². The number of pyridine rings is 1. The van der Waals surface area contributed by atoms with Crippen LogP contribution in [-0.2, 0) is 6.54 Å². The molecular formula is C30H39N3O. The average molecular weight is 458 g/mol. The normalized spacial score (nSPS) is 14.2. The van der Waals surface area contributed by atoms with Crippen molar-refractivity contribution in [3.05, 3.63) is 77.1 Å². The quantitative estimate of drug-likeness (QED) is 0.367. The summed E-state index contributed by atoms with van der Waals surface area (Å²) >= 11 is 0. The minimum Gasteiger partial charge on any atom is -0.494 e. The Kier molecular flexibility index (Phi) is 8.23. The fourth-order valence-electron chi connectivity index (χ4n) is 4.75. The van der Waals surface area contributed by atoms with Crippen molar-refractivity contribution < 1.29 is 4.74 Å². The topological polar surface area (TPSA) is 37.4 Å². The van der Waals surface area contributed by atoms with Gasteiger partial charge in [-0.1, -0.05) is 25.5 Å². The van der Waals surface area contributed by atoms with Crippen LogP contribution in [0.1, 0.15) is 54.9 Å². The van der Waals surface area contributed by atoms with Gasteiger partial charge in [0.15, 0.2) is 0 Å². The van der Waals surface area contributed by atoms with Crippen LogP contribution in [0.2, 0.25) is 0 Å². The molecule has 2 heterocycles. The number of hydrogen-bond acceptors (Lipinski definition) is 4. The van der Waals surface area contributed by atoms with E-state index in [2.05, 4.69) is 85.4 Å². The zero-order valence-electron chi connectivity index (χ0n) is 21.2. The monoisotopic (exact) mass is 457 g/mol. The Morgan fingerprint density at radius 1 is 0.941 bits per heavy atom. The summed E-state index contributed by atoms with van der Waals surface area (Å²) in [6, 6.07) is 16.1. The standard InChI is InChI=1S/C30H39N3O/c1-5-6-15-34-30-9-7-28(8-10-30)33(29-11-13-31-14-12-29)21-25-18-27(20-32-19-25)26-16-22(2)24(4)23(3)17-26/h7-10,16-20,29,31H,5-6,11-15,21H2,1-4H3. The van der Waals surface area contributed by atoms with Crippen molar-refractivity contribution in [2.75, 3.05) is 24.6 Å². The summed E-state index contributed by atoms with van der Waals surface area (Å²) in [7, 11) is 0. The van der Waals surface area contributed by atoms with Crippen LogP contribution >= 0.6 is 0 Å². The van der Waals surface area contributed by atoms with Gasteiger partial charge < -0.3 is 15.0 Å². The Hall–Kier alpha value is -2.85. The number of ether oxygens (including phenoxy) is 1. The van der Waals surface area contributed by atoms with Gasteiger partial charge >= 0.3 is 0 Å². The van der Waals surface area contributed by atoms with Gasteiger partial charge in [-0.25, -0.2) is 0 Å². The third kappa shape index (κ3) is 5.98. The Bertz CT molecular complexity index is 1050. The molecule has 2 aromatic carbocycles. The van der Waals surface area contributed by atoms with Crippen molar-refractivity contribution >= 4 is 5.69 Å². The molecule has 4 rings (SSSR count). The number of rotatable bonds is 9. The molecule has 0 radical (unpaired) electrons. The van der Waals surface area contributed by atoms with Crippen molar-refractivity contribution in [2.45, 2.75) is 66.0 Å². The smallest absolute Gasteiger partial charge is 0.119 e. The summed E-state index contributed by atoms with van der Waals surface area (Å²) < 4.78 is 5.90. The van der Waals surface area contributed by atoms with Gasteiger partial charge in [0, 0.05) is 36.2 Å². The molecule has 0 bridgehead atoms. The molecule has 4 heteroatoms. The lowest BCUT2D eigenvalue weighted by Gasteiger charge is -2.36. The molecule has 1 aliphatic rings. The van der Waals surface area contributed by atoms with Crippen molar-refractivity contribution in [2.24, 2.45) is 0 Å². The average Bonchev–Trinajstić information content (AvgIpc) is 2.87. The largest absolute Gasteiger partial charge is 0.494 e. The second-order valence-corrected chi connectivity index (χ2v) is 9.62. The summed E-state index contributed by atoms with van der Waals surface area (Å²) in [5, 5.41) is 3.51. The number of anilines is 1. The van der Waals surface area contributed by atoms with Crippen LogP contribution in [0, 0.1) is 20.8 Å². The molecule has 3 aromatic rings. The lowest BCUT2D eigenvalue weighted by molar-refractivity contribution is 0.309. The number of hydrogen-bond donors (Lipinski definition) is 1. The van der Waals surface area contributed by atoms with Crippen LogP contribution in [0.15, 0.2) is 54.9 Å². The van der Waals surface area contributed by atoms with E-state index in [-0.39, 0.29) is 0 Å². The molecule has 4 nitrogen and oxygen atoms in total. The van der Waals surface area contributed by atoms with E-state index in [4.69, 9.17) is 4.74 Å². The highest BCUT2D eigenvalue weighted by atomic mass is 16.5. The minimum atomic E-state index is 0.514. The minimum absolute atomic E-state index is 0.514. The number of piperidine rings is 1. The fraction of sp³-hybridized carbons (Fsp3) is 0.433. The Morgan fingerprint density at radius 2 is 1.65 bits per heavy atom. The first-order valence-electron chi connectivity index (χ1n) is 12.8. The number of unbranched alkanes of at least 4 members (excludes halogenated alkanes) is 1. The number of benzene rings is 2. The van der Waals surface area contributed by atoms with E-state index in [1.54, 1.807) is 0 Å². The van der Waals surface area contributed by atoms with E-state index in [0.29, 0.717) is 6.04 Å². The molecule has 0 unspecified atom stereocenters. The summed E-state index contributed by atoms with van der Waals surface area (Å²) in [6.45, 7) is 12.5. The van der Waals surface area contributed by atoms with E-state index in [0.717, 1.165) is 57.7 Å². The lowest BCUT2D eigenvalue weighted by atomic mass is 9.96. The Balaban J connectivity index is 1.58. The molecule has 1 N–H and O–H groups in total. The van der Waals surface area contributed by atoms with Gasteiger partial charge in [-0.3, -0.25) is 4.98 Å². The van der Waals surface area contributed by atoms with Crippen LogP contribution in [0.5, 0.6) is 5.75 Å². The van der Waals surface area contributed by atoms with Gasteiger partial charge in [-0.15, -0.1) is 0 Å². The van der Waals surface area contributed by atoms with Gasteiger partial charge in [-0.2, -0.15) is 0 Å². The van der Waals surface area contributed by atoms with Crippen molar-refractivity contribution in [3.8, 4) is 16.9 Å². The van der Waals surface area contributed by atoms with E-state index in [1.165, 1.54) is 39.1 Å². The zero-order chi connectivity index (χ0) is 23.9. The first kappa shape index (κ1) is 24.3. The Labute approximate surface area is 205 Å². The van der Waals surface area contributed by atoms with Crippen LogP contribution in [0.25, 0.3) is 11.1 Å². The molecular weight excluding hydrogens is 418 g/mol. The van der Waals surface area contributed by atoms with Gasteiger partial charge in [-0.05, 0) is 111 Å². The molecule has 0 atom stereocenters. The predicted octanol–water partition coefficient (Wildman–Crippen LogP) is 6.61. The third-order valence-electron chi connectivity index (χ3n) is 7.09. The van der Waals surface area contributed by atoms with Crippen molar-refractivity contribution in [3.63, 3.8) is 0 Å². The summed E-state index contributed by atoms with van der Waals surface area (Å²) in [5.74, 6) is 0.955. The number of nitrogens with one attached hydrogen (secondary N) is 1. The van der Waals surface area contributed by atoms with Crippen LogP contribution in [-0.4, -0.2) is 30.7 Å². The summed E-state index contributed by atoms with van der Waals surface area (Å²) in [6.07, 6.45) is 8.55. The second kappa shape index (κ2) is 11.5. The molecule has 0 aliphatic carbocycles. The molecule has 1 aromatic heterocycles. The first-order chi connectivity index (χ1) is 16.5. The van der Waals surface area contributed by atoms with Gasteiger partial charge in [0.1, 0.15) is 5.75 Å². The van der Waals surface area contributed by atoms with Crippen molar-refractivity contribution in [1.82, 2.24) is 10.3 Å². The highest BCUT2D eigenvalue weighted by Gasteiger charge is 2.22. The molecule has 0 saturated carbocycles. The molecule has 180 valence electrons. The molecule has 1 aliphatic heterocycles. The van der Waals surface area contributed by atoms with Gasteiger partial charge in [0.25, 0.3) is 0 Å². The maximum atomic E-state index is 5.90. The van der Waals surface area contributed by atoms with E-state index >= 15 is 0 Å². The molecule has 0 amide bonds. The fourth-order valence-corrected chi connectivity index (χ4v) is 4.75. The first-order valence-corrected chi connectivity index (χ1v) is 12.8. The number of aromatic nitrogens is 1. The Morgan fingerprint density at radius 3 is 2.32 bits per heavy atom. The van der Waals surface area contributed by atoms with Crippen LogP contribution in [0.4, 0.5) is 5.69 Å². The maximum Gasteiger partial charge on any atom is 0.119 e. The van der Waals surface area contributed by atoms with Gasteiger partial charge in [0.2, 0.25) is 0 Å². The van der Waals surface area contributed by atoms with Gasteiger partial charge in [0.05, 0.1) is 6.61 Å². The molecule has 0 spiro atoms. The van der Waals surface area contributed by atoms with E-state index in [9.17, 15) is 0 Å². The summed E-state index contributed by atoms with van der Waals surface area (Å²) in [5.41, 5.74) is 8.96. The molecule has 34 heavy (non-hydrogen) atoms. The maximum absolute atomic E-state index is 5.90. The summed E-state index contributed by atoms with van der Waals surface area (Å²) in [4.78, 5) is 7.19. The van der Waals surface area contributed by atoms with Crippen LogP contribution in [0.3, 0.4) is 0 Å². The number of nitrogens with zero attached hydrogens (tertiary/aromatic N) is 2. The highest BCUT2D eigenvalue weighted by molar-refractivity contribution is 5.66.